The largest absolute Gasteiger partial charge is 0.496 e. The van der Waals surface area contributed by atoms with Gasteiger partial charge in [0, 0.05) is 48.4 Å². The lowest BCUT2D eigenvalue weighted by molar-refractivity contribution is -0.0187. The van der Waals surface area contributed by atoms with Crippen molar-refractivity contribution in [3.8, 4) is 5.75 Å². The van der Waals surface area contributed by atoms with Crippen LogP contribution in [0.2, 0.25) is 0 Å². The lowest BCUT2D eigenvalue weighted by atomic mass is 9.91. The zero-order valence-corrected chi connectivity index (χ0v) is 19.1. The molecule has 1 unspecified atom stereocenters. The van der Waals surface area contributed by atoms with Gasteiger partial charge in [-0.3, -0.25) is 4.90 Å². The minimum atomic E-state index is -0.902. The van der Waals surface area contributed by atoms with E-state index in [0.717, 1.165) is 61.4 Å². The highest BCUT2D eigenvalue weighted by atomic mass is 16.5. The van der Waals surface area contributed by atoms with Crippen molar-refractivity contribution in [1.29, 1.82) is 0 Å². The molecule has 0 aliphatic carbocycles. The molecule has 0 spiro atoms. The number of aromatic amines is 1. The first-order valence-corrected chi connectivity index (χ1v) is 11.3. The molecule has 0 bridgehead atoms. The number of aromatic carboxylic acids is 1. The molecule has 0 amide bonds. The van der Waals surface area contributed by atoms with Crippen LogP contribution in [-0.2, 0) is 11.3 Å². The van der Waals surface area contributed by atoms with Gasteiger partial charge in [-0.1, -0.05) is 19.1 Å². The minimum absolute atomic E-state index is 0.147. The number of benzene rings is 2. The normalized spacial score (nSPS) is 19.3. The molecule has 1 aliphatic heterocycles. The summed E-state index contributed by atoms with van der Waals surface area (Å²) in [6.45, 7) is 6.65. The van der Waals surface area contributed by atoms with Crippen LogP contribution in [0.25, 0.3) is 10.9 Å². The predicted molar refractivity (Wildman–Crippen MR) is 125 cm³/mol. The van der Waals surface area contributed by atoms with Gasteiger partial charge in [0.1, 0.15) is 5.75 Å². The topological polar surface area (TPSA) is 74.8 Å². The van der Waals surface area contributed by atoms with Gasteiger partial charge in [-0.05, 0) is 61.6 Å². The number of nitrogens with one attached hydrogen (secondary N) is 1. The van der Waals surface area contributed by atoms with E-state index in [1.54, 1.807) is 19.2 Å². The SMILES string of the molecule is CCCO[C@H]1CCN(Cc2c(OC)cc(C)c3[nH]ccc23)C(c2ccc(C(=O)O)cc2)C1. The second-order valence-corrected chi connectivity index (χ2v) is 8.57. The number of piperidine rings is 1. The molecule has 6 heteroatoms. The van der Waals surface area contributed by atoms with E-state index in [-0.39, 0.29) is 12.1 Å². The van der Waals surface area contributed by atoms with Gasteiger partial charge in [-0.15, -0.1) is 0 Å². The van der Waals surface area contributed by atoms with Gasteiger partial charge in [-0.25, -0.2) is 4.79 Å². The summed E-state index contributed by atoms with van der Waals surface area (Å²) in [5.74, 6) is -0.000575. The smallest absolute Gasteiger partial charge is 0.335 e. The molecule has 32 heavy (non-hydrogen) atoms. The molecule has 0 saturated carbocycles. The third-order valence-electron chi connectivity index (χ3n) is 6.46. The third kappa shape index (κ3) is 4.52. The number of carboxylic acids is 1. The Bertz CT molecular complexity index is 1070. The van der Waals surface area contributed by atoms with E-state index in [2.05, 4.69) is 35.9 Å². The van der Waals surface area contributed by atoms with Crippen molar-refractivity contribution < 1.29 is 19.4 Å². The van der Waals surface area contributed by atoms with Crippen molar-refractivity contribution in [2.45, 2.75) is 51.8 Å². The van der Waals surface area contributed by atoms with Crippen molar-refractivity contribution in [3.05, 3.63) is 64.8 Å². The molecule has 1 aliphatic rings. The van der Waals surface area contributed by atoms with E-state index >= 15 is 0 Å². The number of carbonyl (C=O) groups is 1. The molecule has 4 rings (SSSR count). The lowest BCUT2D eigenvalue weighted by Gasteiger charge is -2.40. The summed E-state index contributed by atoms with van der Waals surface area (Å²) in [5, 5.41) is 10.5. The number of rotatable bonds is 8. The fourth-order valence-corrected chi connectivity index (χ4v) is 4.79. The monoisotopic (exact) mass is 436 g/mol. The van der Waals surface area contributed by atoms with Crippen molar-refractivity contribution in [2.75, 3.05) is 20.3 Å². The standard InChI is InChI=1S/C26H32N2O4/c1-4-13-32-20-10-12-28(23(15-20)18-5-7-19(8-6-18)26(29)30)16-22-21-9-11-27-25(21)17(2)14-24(22)31-3/h5-9,11,14,20,23,27H,4,10,12-13,15-16H2,1-3H3,(H,29,30)/t20-,23?/m0/s1. The Morgan fingerprint density at radius 2 is 2.03 bits per heavy atom. The highest BCUT2D eigenvalue weighted by molar-refractivity contribution is 5.88. The molecule has 2 atom stereocenters. The Morgan fingerprint density at radius 1 is 1.25 bits per heavy atom. The maximum atomic E-state index is 11.3. The van der Waals surface area contributed by atoms with Gasteiger partial charge in [0.15, 0.2) is 0 Å². The van der Waals surface area contributed by atoms with Gasteiger partial charge in [-0.2, -0.15) is 0 Å². The molecule has 6 nitrogen and oxygen atoms in total. The maximum Gasteiger partial charge on any atom is 0.335 e. The number of fused-ring (bicyclic) bond motifs is 1. The van der Waals surface area contributed by atoms with Crippen LogP contribution in [0.15, 0.2) is 42.6 Å². The van der Waals surface area contributed by atoms with Crippen molar-refractivity contribution in [1.82, 2.24) is 9.88 Å². The fourth-order valence-electron chi connectivity index (χ4n) is 4.79. The number of methoxy groups -OCH3 is 1. The van der Waals surface area contributed by atoms with E-state index in [4.69, 9.17) is 9.47 Å². The summed E-state index contributed by atoms with van der Waals surface area (Å²) in [6.07, 6.45) is 5.06. The molecule has 0 radical (unpaired) electrons. The van der Waals surface area contributed by atoms with Crippen LogP contribution in [0.4, 0.5) is 0 Å². The predicted octanol–water partition coefficient (Wildman–Crippen LogP) is 5.32. The Kier molecular flexibility index (Phi) is 6.82. The Labute approximate surface area is 189 Å². The van der Waals surface area contributed by atoms with Gasteiger partial charge in [0.25, 0.3) is 0 Å². The first-order valence-electron chi connectivity index (χ1n) is 11.3. The van der Waals surface area contributed by atoms with Crippen LogP contribution < -0.4 is 4.74 Å². The number of carboxylic acid groups (broad SMARTS) is 1. The highest BCUT2D eigenvalue weighted by Gasteiger charge is 2.31. The zero-order valence-electron chi connectivity index (χ0n) is 19.1. The molecule has 170 valence electrons. The molecule has 1 saturated heterocycles. The van der Waals surface area contributed by atoms with Crippen molar-refractivity contribution in [3.63, 3.8) is 0 Å². The van der Waals surface area contributed by atoms with Crippen LogP contribution in [0.3, 0.4) is 0 Å². The molecule has 3 aromatic rings. The molecule has 1 aromatic heterocycles. The number of hydrogen-bond donors (Lipinski definition) is 2. The number of ether oxygens (including phenoxy) is 2. The molecule has 2 N–H and O–H groups in total. The summed E-state index contributed by atoms with van der Waals surface area (Å²) in [4.78, 5) is 17.1. The lowest BCUT2D eigenvalue weighted by Crippen LogP contribution is -2.39. The average molecular weight is 437 g/mol. The third-order valence-corrected chi connectivity index (χ3v) is 6.46. The van der Waals surface area contributed by atoms with E-state index in [0.29, 0.717) is 5.56 Å². The number of H-pyrrole nitrogens is 1. The fraction of sp³-hybridized carbons (Fsp3) is 0.423. The summed E-state index contributed by atoms with van der Waals surface area (Å²) >= 11 is 0. The second-order valence-electron chi connectivity index (χ2n) is 8.57. The minimum Gasteiger partial charge on any atom is -0.496 e. The number of aryl methyl sites for hydroxylation is 1. The van der Waals surface area contributed by atoms with Crippen LogP contribution in [-0.4, -0.2) is 47.3 Å². The zero-order chi connectivity index (χ0) is 22.7. The van der Waals surface area contributed by atoms with Crippen LogP contribution in [0, 0.1) is 6.92 Å². The number of likely N-dealkylation sites (tertiary alicyclic amines) is 1. The molecular weight excluding hydrogens is 404 g/mol. The molecule has 2 heterocycles. The average Bonchev–Trinajstić information content (AvgIpc) is 3.30. The summed E-state index contributed by atoms with van der Waals surface area (Å²) in [6, 6.07) is 11.7. The van der Waals surface area contributed by atoms with E-state index in [1.807, 2.05) is 18.3 Å². The van der Waals surface area contributed by atoms with E-state index in [1.165, 1.54) is 10.9 Å². The van der Waals surface area contributed by atoms with Crippen molar-refractivity contribution in [2.24, 2.45) is 0 Å². The van der Waals surface area contributed by atoms with Crippen molar-refractivity contribution >= 4 is 16.9 Å². The Morgan fingerprint density at radius 3 is 2.72 bits per heavy atom. The highest BCUT2D eigenvalue weighted by Crippen LogP contribution is 2.38. The molecule has 2 aromatic carbocycles. The van der Waals surface area contributed by atoms with Gasteiger partial charge < -0.3 is 19.6 Å². The number of hydrogen-bond acceptors (Lipinski definition) is 4. The number of nitrogens with zero attached hydrogens (tertiary/aromatic N) is 1. The number of aromatic nitrogens is 1. The second kappa shape index (κ2) is 9.76. The van der Waals surface area contributed by atoms with Gasteiger partial charge >= 0.3 is 5.97 Å². The summed E-state index contributed by atoms with van der Waals surface area (Å²) in [5.41, 5.74) is 4.91. The van der Waals surface area contributed by atoms with Crippen LogP contribution in [0.1, 0.15) is 59.3 Å². The maximum absolute atomic E-state index is 11.3. The summed E-state index contributed by atoms with van der Waals surface area (Å²) in [7, 11) is 1.73. The first-order chi connectivity index (χ1) is 15.5. The Balaban J connectivity index is 1.67. The van der Waals surface area contributed by atoms with E-state index < -0.39 is 5.97 Å². The Hall–Kier alpha value is -2.83. The quantitative estimate of drug-likeness (QED) is 0.500. The van der Waals surface area contributed by atoms with Crippen LogP contribution in [0.5, 0.6) is 5.75 Å². The summed E-state index contributed by atoms with van der Waals surface area (Å²) < 4.78 is 11.9. The molecular formula is C26H32N2O4. The van der Waals surface area contributed by atoms with E-state index in [9.17, 15) is 9.90 Å². The van der Waals surface area contributed by atoms with Crippen LogP contribution >= 0.6 is 0 Å². The first kappa shape index (κ1) is 22.4. The molecule has 1 fully saturated rings. The van der Waals surface area contributed by atoms with Gasteiger partial charge in [0.05, 0.1) is 18.8 Å². The van der Waals surface area contributed by atoms with Gasteiger partial charge in [0.2, 0.25) is 0 Å².